The van der Waals surface area contributed by atoms with Gasteiger partial charge in [0.15, 0.2) is 0 Å². The highest BCUT2D eigenvalue weighted by Crippen LogP contribution is 2.09. The largest absolute Gasteiger partial charge is 0.306 e. The summed E-state index contributed by atoms with van der Waals surface area (Å²) in [4.78, 5) is 4.06. The minimum Gasteiger partial charge on any atom is -0.306 e. The van der Waals surface area contributed by atoms with Gasteiger partial charge in [-0.1, -0.05) is 6.07 Å². The van der Waals surface area contributed by atoms with E-state index >= 15 is 0 Å². The molecule has 0 N–H and O–H groups in total. The van der Waals surface area contributed by atoms with Crippen molar-refractivity contribution in [3.63, 3.8) is 0 Å². The van der Waals surface area contributed by atoms with Crippen molar-refractivity contribution < 1.29 is 4.39 Å². The van der Waals surface area contributed by atoms with Crippen LogP contribution in [0.25, 0.3) is 5.69 Å². The van der Waals surface area contributed by atoms with Gasteiger partial charge in [0.05, 0.1) is 12.0 Å². The van der Waals surface area contributed by atoms with Crippen LogP contribution in [0.4, 0.5) is 4.39 Å². The van der Waals surface area contributed by atoms with Crippen LogP contribution >= 0.6 is 0 Å². The van der Waals surface area contributed by atoms with Crippen molar-refractivity contribution in [3.05, 3.63) is 48.3 Å². The van der Waals surface area contributed by atoms with E-state index in [0.717, 1.165) is 11.4 Å². The molecule has 0 radical (unpaired) electrons. The van der Waals surface area contributed by atoms with E-state index in [0.29, 0.717) is 0 Å². The van der Waals surface area contributed by atoms with Crippen LogP contribution in [0.3, 0.4) is 0 Å². The lowest BCUT2D eigenvalue weighted by Crippen LogP contribution is -1.89. The fourth-order valence-electron chi connectivity index (χ4n) is 1.20. The fourth-order valence-corrected chi connectivity index (χ4v) is 1.20. The van der Waals surface area contributed by atoms with E-state index in [1.54, 1.807) is 17.0 Å². The summed E-state index contributed by atoms with van der Waals surface area (Å²) in [5.41, 5.74) is 1.71. The zero-order valence-corrected chi connectivity index (χ0v) is 7.24. The van der Waals surface area contributed by atoms with Crippen molar-refractivity contribution >= 4 is 0 Å². The van der Waals surface area contributed by atoms with Crippen LogP contribution in [0.5, 0.6) is 0 Å². The molecule has 1 aromatic carbocycles. The number of aromatic nitrogens is 2. The molecule has 3 heteroatoms. The number of hydrogen-bond donors (Lipinski definition) is 0. The molecule has 2 rings (SSSR count). The Morgan fingerprint density at radius 2 is 2.23 bits per heavy atom. The number of hydrogen-bond acceptors (Lipinski definition) is 1. The first kappa shape index (κ1) is 7.98. The molecular formula is C10H9FN2. The van der Waals surface area contributed by atoms with Crippen molar-refractivity contribution in [2.24, 2.45) is 0 Å². The molecule has 0 saturated carbocycles. The molecule has 0 fully saturated rings. The quantitative estimate of drug-likeness (QED) is 0.652. The van der Waals surface area contributed by atoms with Crippen LogP contribution in [0.2, 0.25) is 0 Å². The first-order valence-electron chi connectivity index (χ1n) is 4.02. The third-order valence-electron chi connectivity index (χ3n) is 1.82. The molecule has 66 valence electrons. The Balaban J connectivity index is 2.46. The molecule has 0 aliphatic heterocycles. The summed E-state index contributed by atoms with van der Waals surface area (Å²) >= 11 is 0. The monoisotopic (exact) mass is 176 g/mol. The fraction of sp³-hybridized carbons (Fsp3) is 0.100. The van der Waals surface area contributed by atoms with Gasteiger partial charge in [-0.05, 0) is 25.1 Å². The Morgan fingerprint density at radius 3 is 2.85 bits per heavy atom. The first-order chi connectivity index (χ1) is 6.25. The van der Waals surface area contributed by atoms with Crippen LogP contribution < -0.4 is 0 Å². The number of nitrogens with zero attached hydrogens (tertiary/aromatic N) is 2. The third kappa shape index (κ3) is 1.59. The van der Waals surface area contributed by atoms with Crippen molar-refractivity contribution in [2.45, 2.75) is 6.92 Å². The van der Waals surface area contributed by atoms with Gasteiger partial charge in [-0.3, -0.25) is 0 Å². The number of aryl methyl sites for hydroxylation is 1. The van der Waals surface area contributed by atoms with Crippen LogP contribution in [-0.4, -0.2) is 9.55 Å². The summed E-state index contributed by atoms with van der Waals surface area (Å²) in [7, 11) is 0. The average molecular weight is 176 g/mol. The summed E-state index contributed by atoms with van der Waals surface area (Å²) in [5, 5.41) is 0. The van der Waals surface area contributed by atoms with Gasteiger partial charge in [0, 0.05) is 11.9 Å². The van der Waals surface area contributed by atoms with Crippen LogP contribution in [0, 0.1) is 12.7 Å². The van der Waals surface area contributed by atoms with Gasteiger partial charge in [0.25, 0.3) is 0 Å². The van der Waals surface area contributed by atoms with Crippen LogP contribution in [-0.2, 0) is 0 Å². The van der Waals surface area contributed by atoms with Crippen molar-refractivity contribution in [2.75, 3.05) is 0 Å². The number of rotatable bonds is 1. The van der Waals surface area contributed by atoms with Gasteiger partial charge >= 0.3 is 0 Å². The van der Waals surface area contributed by atoms with Crippen molar-refractivity contribution in [1.82, 2.24) is 9.55 Å². The van der Waals surface area contributed by atoms with E-state index in [1.807, 2.05) is 19.2 Å². The second-order valence-electron chi connectivity index (χ2n) is 2.90. The highest BCUT2D eigenvalue weighted by molar-refractivity contribution is 5.32. The van der Waals surface area contributed by atoms with E-state index < -0.39 is 0 Å². The third-order valence-corrected chi connectivity index (χ3v) is 1.82. The van der Waals surface area contributed by atoms with E-state index in [1.165, 1.54) is 12.1 Å². The second-order valence-corrected chi connectivity index (χ2v) is 2.90. The molecule has 2 aromatic rings. The summed E-state index contributed by atoms with van der Waals surface area (Å²) in [5.74, 6) is -0.233. The molecule has 0 spiro atoms. The highest BCUT2D eigenvalue weighted by Gasteiger charge is 1.97. The van der Waals surface area contributed by atoms with Gasteiger partial charge in [0.2, 0.25) is 0 Å². The lowest BCUT2D eigenvalue weighted by atomic mass is 10.3. The maximum absolute atomic E-state index is 12.8. The molecule has 0 unspecified atom stereocenters. The zero-order chi connectivity index (χ0) is 9.26. The van der Waals surface area contributed by atoms with E-state index in [9.17, 15) is 4.39 Å². The summed E-state index contributed by atoms with van der Waals surface area (Å²) in [6.07, 6.45) is 3.53. The lowest BCUT2D eigenvalue weighted by molar-refractivity contribution is 0.626. The van der Waals surface area contributed by atoms with E-state index in [-0.39, 0.29) is 5.82 Å². The first-order valence-corrected chi connectivity index (χ1v) is 4.02. The molecule has 0 aliphatic rings. The summed E-state index contributed by atoms with van der Waals surface area (Å²) < 4.78 is 14.6. The van der Waals surface area contributed by atoms with Crippen molar-refractivity contribution in [3.8, 4) is 5.69 Å². The van der Waals surface area contributed by atoms with E-state index in [2.05, 4.69) is 4.98 Å². The number of imidazole rings is 1. The highest BCUT2D eigenvalue weighted by atomic mass is 19.1. The van der Waals surface area contributed by atoms with Crippen LogP contribution in [0.1, 0.15) is 5.69 Å². The topological polar surface area (TPSA) is 17.8 Å². The maximum Gasteiger partial charge on any atom is 0.125 e. The standard InChI is InChI=1S/C10H9FN2/c1-8-6-13(7-12-8)10-4-2-3-9(11)5-10/h2-7H,1H3. The Labute approximate surface area is 75.7 Å². The number of benzene rings is 1. The smallest absolute Gasteiger partial charge is 0.125 e. The van der Waals surface area contributed by atoms with Gasteiger partial charge in [-0.2, -0.15) is 0 Å². The normalized spacial score (nSPS) is 10.3. The minimum absolute atomic E-state index is 0.233. The molecule has 13 heavy (non-hydrogen) atoms. The predicted molar refractivity (Wildman–Crippen MR) is 48.3 cm³/mol. The summed E-state index contributed by atoms with van der Waals surface area (Å²) in [6.45, 7) is 1.90. The van der Waals surface area contributed by atoms with Crippen molar-refractivity contribution in [1.29, 1.82) is 0 Å². The van der Waals surface area contributed by atoms with Gasteiger partial charge in [0.1, 0.15) is 5.82 Å². The van der Waals surface area contributed by atoms with Crippen LogP contribution in [0.15, 0.2) is 36.8 Å². The molecule has 0 bridgehead atoms. The number of halogens is 1. The van der Waals surface area contributed by atoms with E-state index in [4.69, 9.17) is 0 Å². The lowest BCUT2D eigenvalue weighted by Gasteiger charge is -2.00. The molecule has 0 atom stereocenters. The Bertz CT molecular complexity index is 420. The Kier molecular flexibility index (Phi) is 1.85. The Hall–Kier alpha value is -1.64. The molecule has 0 saturated heterocycles. The summed E-state index contributed by atoms with van der Waals surface area (Å²) in [6, 6.07) is 6.42. The van der Waals surface area contributed by atoms with Gasteiger partial charge in [-0.15, -0.1) is 0 Å². The SMILES string of the molecule is Cc1cn(-c2cccc(F)c2)cn1. The van der Waals surface area contributed by atoms with Gasteiger partial charge in [-0.25, -0.2) is 9.37 Å². The molecular weight excluding hydrogens is 167 g/mol. The molecule has 2 nitrogen and oxygen atoms in total. The molecule has 1 aromatic heterocycles. The molecule has 1 heterocycles. The zero-order valence-electron chi connectivity index (χ0n) is 7.24. The average Bonchev–Trinajstić information content (AvgIpc) is 2.52. The molecule has 0 aliphatic carbocycles. The maximum atomic E-state index is 12.8. The molecule has 0 amide bonds. The second kappa shape index (κ2) is 3.01. The minimum atomic E-state index is -0.233. The van der Waals surface area contributed by atoms with Gasteiger partial charge < -0.3 is 4.57 Å². The predicted octanol–water partition coefficient (Wildman–Crippen LogP) is 2.32. The Morgan fingerprint density at radius 1 is 1.38 bits per heavy atom.